The second kappa shape index (κ2) is 8.28. The first-order valence-corrected chi connectivity index (χ1v) is 9.98. The minimum atomic E-state index is -0.529. The Kier molecular flexibility index (Phi) is 5.55. The SMILES string of the molecule is C/C=C/c1ccc([C@@H]2[C@H](CO)N3C(=O)CN(C(=O)Nc4ccccc4F)C[C@@H]23)cc1. The van der Waals surface area contributed by atoms with Gasteiger partial charge in [-0.3, -0.25) is 4.79 Å². The lowest BCUT2D eigenvalue weighted by Gasteiger charge is -2.58. The summed E-state index contributed by atoms with van der Waals surface area (Å²) in [7, 11) is 0. The van der Waals surface area contributed by atoms with Crippen LogP contribution in [0.5, 0.6) is 0 Å². The summed E-state index contributed by atoms with van der Waals surface area (Å²) in [5.74, 6) is -0.808. The lowest BCUT2D eigenvalue weighted by atomic mass is 9.73. The number of hydrogen-bond donors (Lipinski definition) is 2. The van der Waals surface area contributed by atoms with E-state index in [4.69, 9.17) is 0 Å². The van der Waals surface area contributed by atoms with Crippen molar-refractivity contribution in [2.45, 2.75) is 24.9 Å². The van der Waals surface area contributed by atoms with Crippen LogP contribution in [-0.2, 0) is 4.79 Å². The molecule has 7 heteroatoms. The van der Waals surface area contributed by atoms with Gasteiger partial charge in [-0.1, -0.05) is 48.6 Å². The third-order valence-corrected chi connectivity index (χ3v) is 5.84. The van der Waals surface area contributed by atoms with Gasteiger partial charge in [0.05, 0.1) is 24.4 Å². The standard InChI is InChI=1S/C23H24FN3O3/c1-2-5-15-8-10-16(11-9-15)22-19-12-26(13-21(29)27(19)20(22)14-28)23(30)25-18-7-4-3-6-17(18)24/h2-11,19-20,22,28H,12-14H2,1H3,(H,25,30)/b5-2+/t19-,20-,22-/m0/s1. The smallest absolute Gasteiger partial charge is 0.322 e. The van der Waals surface area contributed by atoms with Crippen LogP contribution in [0, 0.1) is 5.82 Å². The molecule has 3 amide bonds. The van der Waals surface area contributed by atoms with Crippen LogP contribution in [-0.4, -0.2) is 58.6 Å². The van der Waals surface area contributed by atoms with Crippen molar-refractivity contribution in [3.05, 3.63) is 71.6 Å². The number of anilines is 1. The van der Waals surface area contributed by atoms with Crippen LogP contribution in [0.25, 0.3) is 6.08 Å². The largest absolute Gasteiger partial charge is 0.394 e. The molecule has 2 aliphatic rings. The Morgan fingerprint density at radius 1 is 1.23 bits per heavy atom. The van der Waals surface area contributed by atoms with Crippen LogP contribution >= 0.6 is 0 Å². The first-order chi connectivity index (χ1) is 14.5. The van der Waals surface area contributed by atoms with Gasteiger partial charge in [0.15, 0.2) is 0 Å². The third kappa shape index (κ3) is 3.57. The molecule has 2 aliphatic heterocycles. The number of hydrogen-bond acceptors (Lipinski definition) is 3. The number of aliphatic hydroxyl groups excluding tert-OH is 1. The van der Waals surface area contributed by atoms with Crippen LogP contribution in [0.1, 0.15) is 24.0 Å². The summed E-state index contributed by atoms with van der Waals surface area (Å²) in [6.45, 7) is 2.04. The van der Waals surface area contributed by atoms with Crippen molar-refractivity contribution < 1.29 is 19.1 Å². The number of nitrogens with one attached hydrogen (secondary N) is 1. The molecular formula is C23H24FN3O3. The Bertz CT molecular complexity index is 976. The lowest BCUT2D eigenvalue weighted by molar-refractivity contribution is -0.159. The molecule has 0 aliphatic carbocycles. The van der Waals surface area contributed by atoms with Gasteiger partial charge in [-0.25, -0.2) is 9.18 Å². The molecule has 0 bridgehead atoms. The number of nitrogens with zero attached hydrogens (tertiary/aromatic N) is 2. The van der Waals surface area contributed by atoms with Gasteiger partial charge in [0.2, 0.25) is 5.91 Å². The lowest BCUT2D eigenvalue weighted by Crippen LogP contribution is -2.73. The summed E-state index contributed by atoms with van der Waals surface area (Å²) in [6, 6.07) is 12.9. The normalized spacial score (nSPS) is 23.3. The van der Waals surface area contributed by atoms with Gasteiger partial charge in [0.25, 0.3) is 0 Å². The number of carbonyl (C=O) groups is 2. The minimum absolute atomic E-state index is 0.0670. The number of amides is 3. The van der Waals surface area contributed by atoms with Gasteiger partial charge < -0.3 is 20.2 Å². The van der Waals surface area contributed by atoms with Crippen molar-refractivity contribution in [3.63, 3.8) is 0 Å². The van der Waals surface area contributed by atoms with Gasteiger partial charge in [0.1, 0.15) is 12.4 Å². The van der Waals surface area contributed by atoms with Crippen molar-refractivity contribution in [2.75, 3.05) is 25.0 Å². The van der Waals surface area contributed by atoms with Crippen LogP contribution in [0.15, 0.2) is 54.6 Å². The van der Waals surface area contributed by atoms with Crippen LogP contribution in [0.4, 0.5) is 14.9 Å². The van der Waals surface area contributed by atoms with E-state index in [9.17, 15) is 19.1 Å². The highest BCUT2D eigenvalue weighted by Crippen LogP contribution is 2.43. The van der Waals surface area contributed by atoms with Crippen LogP contribution < -0.4 is 5.32 Å². The molecule has 30 heavy (non-hydrogen) atoms. The fraction of sp³-hybridized carbons (Fsp3) is 0.304. The number of carbonyl (C=O) groups excluding carboxylic acids is 2. The van der Waals surface area contributed by atoms with E-state index in [1.54, 1.807) is 17.0 Å². The fourth-order valence-corrected chi connectivity index (χ4v) is 4.43. The number of fused-ring (bicyclic) bond motifs is 1. The summed E-state index contributed by atoms with van der Waals surface area (Å²) in [6.07, 6.45) is 3.96. The fourth-order valence-electron chi connectivity index (χ4n) is 4.43. The molecule has 2 N–H and O–H groups in total. The van der Waals surface area contributed by atoms with Crippen molar-refractivity contribution in [1.82, 2.24) is 9.80 Å². The monoisotopic (exact) mass is 409 g/mol. The zero-order valence-corrected chi connectivity index (χ0v) is 16.7. The van der Waals surface area contributed by atoms with E-state index in [0.717, 1.165) is 11.1 Å². The van der Waals surface area contributed by atoms with E-state index in [1.807, 2.05) is 43.3 Å². The van der Waals surface area contributed by atoms with E-state index < -0.39 is 11.8 Å². The van der Waals surface area contributed by atoms with Gasteiger partial charge in [-0.15, -0.1) is 0 Å². The number of benzene rings is 2. The molecule has 156 valence electrons. The average molecular weight is 409 g/mol. The van der Waals surface area contributed by atoms with Gasteiger partial charge >= 0.3 is 6.03 Å². The Balaban J connectivity index is 1.52. The Labute approximate surface area is 174 Å². The zero-order chi connectivity index (χ0) is 21.3. The molecule has 0 saturated carbocycles. The molecule has 0 unspecified atom stereocenters. The number of rotatable bonds is 4. The molecule has 2 aromatic carbocycles. The van der Waals surface area contributed by atoms with Gasteiger partial charge in [-0.05, 0) is 30.2 Å². The second-order valence-electron chi connectivity index (χ2n) is 7.60. The molecule has 4 rings (SSSR count). The average Bonchev–Trinajstić information content (AvgIpc) is 2.72. The molecule has 0 aromatic heterocycles. The number of aliphatic hydroxyl groups is 1. The third-order valence-electron chi connectivity index (χ3n) is 5.84. The zero-order valence-electron chi connectivity index (χ0n) is 16.7. The predicted octanol–water partition coefficient (Wildman–Crippen LogP) is 3.06. The second-order valence-corrected chi connectivity index (χ2v) is 7.60. The molecule has 2 heterocycles. The molecular weight excluding hydrogens is 385 g/mol. The van der Waals surface area contributed by atoms with E-state index in [2.05, 4.69) is 5.32 Å². The van der Waals surface area contributed by atoms with E-state index in [-0.39, 0.29) is 42.7 Å². The highest BCUT2D eigenvalue weighted by molar-refractivity contribution is 5.94. The van der Waals surface area contributed by atoms with Crippen LogP contribution in [0.2, 0.25) is 0 Å². The first-order valence-electron chi connectivity index (χ1n) is 9.98. The molecule has 2 aromatic rings. The summed E-state index contributed by atoms with van der Waals surface area (Å²) in [5.41, 5.74) is 2.17. The number of halogens is 1. The quantitative estimate of drug-likeness (QED) is 0.815. The van der Waals surface area contributed by atoms with Crippen molar-refractivity contribution in [3.8, 4) is 0 Å². The highest BCUT2D eigenvalue weighted by Gasteiger charge is 2.54. The maximum absolute atomic E-state index is 13.9. The molecule has 0 radical (unpaired) electrons. The first kappa shape index (κ1) is 20.1. The van der Waals surface area contributed by atoms with E-state index in [1.165, 1.54) is 17.0 Å². The van der Waals surface area contributed by atoms with Crippen molar-refractivity contribution in [1.29, 1.82) is 0 Å². The molecule has 0 spiro atoms. The van der Waals surface area contributed by atoms with Crippen molar-refractivity contribution in [2.24, 2.45) is 0 Å². The van der Waals surface area contributed by atoms with E-state index >= 15 is 0 Å². The van der Waals surface area contributed by atoms with Gasteiger partial charge in [-0.2, -0.15) is 0 Å². The molecule has 3 atom stereocenters. The molecule has 2 fully saturated rings. The number of para-hydroxylation sites is 1. The summed E-state index contributed by atoms with van der Waals surface area (Å²) < 4.78 is 13.9. The maximum atomic E-state index is 13.9. The number of piperazine rings is 1. The molecule has 6 nitrogen and oxygen atoms in total. The maximum Gasteiger partial charge on any atom is 0.322 e. The summed E-state index contributed by atoms with van der Waals surface area (Å²) >= 11 is 0. The Morgan fingerprint density at radius 3 is 2.63 bits per heavy atom. The summed E-state index contributed by atoms with van der Waals surface area (Å²) in [5, 5.41) is 12.4. The molecule has 2 saturated heterocycles. The van der Waals surface area contributed by atoms with E-state index in [0.29, 0.717) is 6.54 Å². The predicted molar refractivity (Wildman–Crippen MR) is 112 cm³/mol. The van der Waals surface area contributed by atoms with Crippen LogP contribution in [0.3, 0.4) is 0 Å². The topological polar surface area (TPSA) is 72.9 Å². The number of urea groups is 1. The Hall–Kier alpha value is -3.19. The Morgan fingerprint density at radius 2 is 1.97 bits per heavy atom. The van der Waals surface area contributed by atoms with Crippen molar-refractivity contribution >= 4 is 23.7 Å². The minimum Gasteiger partial charge on any atom is -0.394 e. The number of allylic oxidation sites excluding steroid dienone is 1. The summed E-state index contributed by atoms with van der Waals surface area (Å²) in [4.78, 5) is 28.4. The highest BCUT2D eigenvalue weighted by atomic mass is 19.1. The van der Waals surface area contributed by atoms with Gasteiger partial charge in [0, 0.05) is 12.5 Å².